The van der Waals surface area contributed by atoms with Crippen molar-refractivity contribution in [1.82, 2.24) is 10.1 Å². The number of ether oxygens (including phenoxy) is 1. The minimum Gasteiger partial charge on any atom is -0.483 e. The summed E-state index contributed by atoms with van der Waals surface area (Å²) in [5.74, 6) is 1.58. The lowest BCUT2D eigenvalue weighted by Gasteiger charge is -2.07. The Bertz CT molecular complexity index is 743. The van der Waals surface area contributed by atoms with Gasteiger partial charge in [0.1, 0.15) is 5.75 Å². The van der Waals surface area contributed by atoms with Gasteiger partial charge >= 0.3 is 0 Å². The van der Waals surface area contributed by atoms with Crippen LogP contribution in [0.1, 0.15) is 31.5 Å². The monoisotopic (exact) mass is 375 g/mol. The fourth-order valence-corrected chi connectivity index (χ4v) is 2.66. The molecule has 0 unspecified atom stereocenters. The summed E-state index contributed by atoms with van der Waals surface area (Å²) in [5.41, 5.74) is 0. The van der Waals surface area contributed by atoms with E-state index in [1.54, 1.807) is 0 Å². The standard InChI is InChI=1S/C12H14BrN3O4S/c1-7(2)12-15-11(20-16-12)6-19-10-4-3-8(5-9(10)13)21(14,17)18/h3-5,7H,6H2,1-2H3,(H2,14,17,18). The average Bonchev–Trinajstić information content (AvgIpc) is 2.85. The van der Waals surface area contributed by atoms with Crippen LogP contribution >= 0.6 is 15.9 Å². The molecule has 2 N–H and O–H groups in total. The second kappa shape index (κ2) is 6.12. The molecule has 0 atom stereocenters. The number of rotatable bonds is 5. The van der Waals surface area contributed by atoms with Crippen molar-refractivity contribution < 1.29 is 17.7 Å². The van der Waals surface area contributed by atoms with E-state index in [1.807, 2.05) is 13.8 Å². The van der Waals surface area contributed by atoms with Crippen molar-refractivity contribution in [1.29, 1.82) is 0 Å². The van der Waals surface area contributed by atoms with Gasteiger partial charge in [0.25, 0.3) is 5.89 Å². The molecule has 7 nitrogen and oxygen atoms in total. The fraction of sp³-hybridized carbons (Fsp3) is 0.333. The Morgan fingerprint density at radius 1 is 1.43 bits per heavy atom. The van der Waals surface area contributed by atoms with Gasteiger partial charge in [-0.25, -0.2) is 13.6 Å². The molecule has 0 fully saturated rings. The quantitative estimate of drug-likeness (QED) is 0.857. The Morgan fingerprint density at radius 2 is 2.14 bits per heavy atom. The van der Waals surface area contributed by atoms with Crippen LogP contribution in [-0.4, -0.2) is 18.6 Å². The van der Waals surface area contributed by atoms with Gasteiger partial charge in [-0.1, -0.05) is 19.0 Å². The molecule has 0 saturated heterocycles. The molecule has 0 spiro atoms. The number of primary sulfonamides is 1. The van der Waals surface area contributed by atoms with E-state index in [0.29, 0.717) is 21.9 Å². The summed E-state index contributed by atoms with van der Waals surface area (Å²) in [7, 11) is -3.74. The van der Waals surface area contributed by atoms with Crippen LogP contribution in [0, 0.1) is 0 Å². The van der Waals surface area contributed by atoms with Gasteiger partial charge in [0.05, 0.1) is 9.37 Å². The van der Waals surface area contributed by atoms with E-state index in [4.69, 9.17) is 14.4 Å². The number of nitrogens with two attached hydrogens (primary N) is 1. The molecule has 2 aromatic rings. The molecule has 1 aromatic heterocycles. The van der Waals surface area contributed by atoms with E-state index in [-0.39, 0.29) is 17.4 Å². The first kappa shape index (κ1) is 15.9. The highest BCUT2D eigenvalue weighted by Crippen LogP contribution is 2.28. The first-order chi connectivity index (χ1) is 9.77. The lowest BCUT2D eigenvalue weighted by atomic mass is 10.2. The molecule has 0 aliphatic heterocycles. The van der Waals surface area contributed by atoms with Crippen molar-refractivity contribution in [2.75, 3.05) is 0 Å². The van der Waals surface area contributed by atoms with Crippen LogP contribution in [0.15, 0.2) is 32.1 Å². The van der Waals surface area contributed by atoms with E-state index in [2.05, 4.69) is 26.1 Å². The summed E-state index contributed by atoms with van der Waals surface area (Å²) in [4.78, 5) is 4.18. The van der Waals surface area contributed by atoms with Crippen molar-refractivity contribution in [2.24, 2.45) is 5.14 Å². The van der Waals surface area contributed by atoms with Gasteiger partial charge in [-0.05, 0) is 34.1 Å². The minimum absolute atomic E-state index is 0.00149. The predicted octanol–water partition coefficient (Wildman–Crippen LogP) is 2.18. The van der Waals surface area contributed by atoms with Crippen LogP contribution in [0.2, 0.25) is 0 Å². The average molecular weight is 376 g/mol. The molecule has 0 amide bonds. The molecule has 21 heavy (non-hydrogen) atoms. The largest absolute Gasteiger partial charge is 0.483 e. The summed E-state index contributed by atoms with van der Waals surface area (Å²) in [6, 6.07) is 4.24. The van der Waals surface area contributed by atoms with Crippen LogP contribution in [0.5, 0.6) is 5.75 Å². The van der Waals surface area contributed by atoms with E-state index >= 15 is 0 Å². The van der Waals surface area contributed by atoms with Crippen LogP contribution in [0.3, 0.4) is 0 Å². The van der Waals surface area contributed by atoms with Crippen LogP contribution in [0.25, 0.3) is 0 Å². The number of benzene rings is 1. The highest BCUT2D eigenvalue weighted by Gasteiger charge is 2.13. The Morgan fingerprint density at radius 3 is 2.67 bits per heavy atom. The van der Waals surface area contributed by atoms with Gasteiger partial charge in [-0.2, -0.15) is 4.98 Å². The van der Waals surface area contributed by atoms with Crippen molar-refractivity contribution in [3.63, 3.8) is 0 Å². The third-order valence-electron chi connectivity index (χ3n) is 2.58. The van der Waals surface area contributed by atoms with Gasteiger partial charge in [-0.3, -0.25) is 0 Å². The zero-order valence-electron chi connectivity index (χ0n) is 11.4. The van der Waals surface area contributed by atoms with Gasteiger partial charge in [0.2, 0.25) is 10.0 Å². The molecular weight excluding hydrogens is 362 g/mol. The highest BCUT2D eigenvalue weighted by atomic mass is 79.9. The van der Waals surface area contributed by atoms with Crippen molar-refractivity contribution in [3.8, 4) is 5.75 Å². The summed E-state index contributed by atoms with van der Waals surface area (Å²) < 4.78 is 33.5. The van der Waals surface area contributed by atoms with Crippen molar-refractivity contribution >= 4 is 26.0 Å². The number of halogens is 1. The molecule has 1 aromatic carbocycles. The summed E-state index contributed by atoms with van der Waals surface area (Å²) >= 11 is 3.23. The Balaban J connectivity index is 2.09. The topological polar surface area (TPSA) is 108 Å². The Hall–Kier alpha value is -1.45. The summed E-state index contributed by atoms with van der Waals surface area (Å²) in [6.07, 6.45) is 0. The molecule has 9 heteroatoms. The van der Waals surface area contributed by atoms with Crippen LogP contribution in [0.4, 0.5) is 0 Å². The maximum Gasteiger partial charge on any atom is 0.264 e. The normalized spacial score (nSPS) is 11.9. The molecular formula is C12H14BrN3O4S. The number of aromatic nitrogens is 2. The van der Waals surface area contributed by atoms with Gasteiger partial charge < -0.3 is 9.26 Å². The molecule has 0 saturated carbocycles. The second-order valence-corrected chi connectivity index (χ2v) is 7.04. The molecule has 2 rings (SSSR count). The summed E-state index contributed by atoms with van der Waals surface area (Å²) in [6.45, 7) is 4.00. The third kappa shape index (κ3) is 4.02. The molecule has 0 bridgehead atoms. The smallest absolute Gasteiger partial charge is 0.264 e. The second-order valence-electron chi connectivity index (χ2n) is 4.63. The van der Waals surface area contributed by atoms with Crippen LogP contribution in [-0.2, 0) is 16.6 Å². The van der Waals surface area contributed by atoms with Crippen molar-refractivity contribution in [3.05, 3.63) is 34.4 Å². The summed E-state index contributed by atoms with van der Waals surface area (Å²) in [5, 5.41) is 8.87. The van der Waals surface area contributed by atoms with E-state index < -0.39 is 10.0 Å². The predicted molar refractivity (Wildman–Crippen MR) is 78.2 cm³/mol. The SMILES string of the molecule is CC(C)c1noc(COc2ccc(S(N)(=O)=O)cc2Br)n1. The fourth-order valence-electron chi connectivity index (χ4n) is 1.48. The maximum atomic E-state index is 11.2. The van der Waals surface area contributed by atoms with Crippen molar-refractivity contribution in [2.45, 2.75) is 31.3 Å². The van der Waals surface area contributed by atoms with Crippen LogP contribution < -0.4 is 9.88 Å². The Kier molecular flexibility index (Phi) is 4.64. The lowest BCUT2D eigenvalue weighted by molar-refractivity contribution is 0.241. The molecule has 1 heterocycles. The van der Waals surface area contributed by atoms with E-state index in [0.717, 1.165) is 0 Å². The first-order valence-electron chi connectivity index (χ1n) is 6.05. The molecule has 0 radical (unpaired) electrons. The number of hydrogen-bond donors (Lipinski definition) is 1. The molecule has 0 aliphatic carbocycles. The first-order valence-corrected chi connectivity index (χ1v) is 8.39. The van der Waals surface area contributed by atoms with E-state index in [1.165, 1.54) is 18.2 Å². The van der Waals surface area contributed by atoms with Gasteiger partial charge in [0, 0.05) is 5.92 Å². The zero-order chi connectivity index (χ0) is 15.6. The zero-order valence-corrected chi connectivity index (χ0v) is 13.8. The minimum atomic E-state index is -3.74. The molecule has 114 valence electrons. The highest BCUT2D eigenvalue weighted by molar-refractivity contribution is 9.10. The maximum absolute atomic E-state index is 11.2. The third-order valence-corrected chi connectivity index (χ3v) is 4.11. The number of nitrogens with zero attached hydrogens (tertiary/aromatic N) is 2. The molecule has 0 aliphatic rings. The number of sulfonamides is 1. The van der Waals surface area contributed by atoms with Gasteiger partial charge in [0.15, 0.2) is 12.4 Å². The van der Waals surface area contributed by atoms with Gasteiger partial charge in [-0.15, -0.1) is 0 Å². The lowest BCUT2D eigenvalue weighted by Crippen LogP contribution is -2.12. The number of hydrogen-bond acceptors (Lipinski definition) is 6. The Labute approximate surface area is 130 Å². The van der Waals surface area contributed by atoms with E-state index in [9.17, 15) is 8.42 Å².